The van der Waals surface area contributed by atoms with Crippen molar-refractivity contribution in [2.45, 2.75) is 19.4 Å². The molecule has 0 radical (unpaired) electrons. The van der Waals surface area contributed by atoms with Crippen LogP contribution in [-0.2, 0) is 6.54 Å². The summed E-state index contributed by atoms with van der Waals surface area (Å²) in [5, 5.41) is 4.42. The van der Waals surface area contributed by atoms with E-state index < -0.39 is 0 Å². The van der Waals surface area contributed by atoms with Crippen LogP contribution in [0.5, 0.6) is 0 Å². The largest absolute Gasteiger partial charge is 0.368 e. The summed E-state index contributed by atoms with van der Waals surface area (Å²) in [4.78, 5) is 6.42. The molecule has 0 saturated carbocycles. The minimum absolute atomic E-state index is 0.243. The van der Waals surface area contributed by atoms with Gasteiger partial charge in [0.25, 0.3) is 0 Å². The summed E-state index contributed by atoms with van der Waals surface area (Å²) in [7, 11) is 0. The maximum absolute atomic E-state index is 12.8. The molecule has 1 saturated heterocycles. The molecule has 2 aromatic rings. The first-order valence-electron chi connectivity index (χ1n) is 6.42. The van der Waals surface area contributed by atoms with Crippen molar-refractivity contribution in [1.29, 1.82) is 0 Å². The van der Waals surface area contributed by atoms with E-state index in [0.717, 1.165) is 18.7 Å². The predicted octanol–water partition coefficient (Wildman–Crippen LogP) is 1.65. The molecule has 0 atom stereocenters. The maximum Gasteiger partial charge on any atom is 0.246 e. The van der Waals surface area contributed by atoms with Crippen molar-refractivity contribution in [3.8, 4) is 0 Å². The number of rotatable bonds is 3. The Balaban J connectivity index is 1.79. The van der Waals surface area contributed by atoms with Gasteiger partial charge in [-0.1, -0.05) is 12.1 Å². The van der Waals surface area contributed by atoms with Gasteiger partial charge in [0, 0.05) is 13.1 Å². The van der Waals surface area contributed by atoms with Crippen LogP contribution < -0.4 is 10.6 Å². The number of hydrogen-bond donors (Lipinski definition) is 1. The first kappa shape index (κ1) is 12.0. The van der Waals surface area contributed by atoms with Crippen LogP contribution >= 0.6 is 0 Å². The molecule has 6 heteroatoms. The van der Waals surface area contributed by atoms with Gasteiger partial charge in [0.05, 0.1) is 6.54 Å². The number of benzene rings is 1. The van der Waals surface area contributed by atoms with Crippen LogP contribution in [0.1, 0.15) is 18.4 Å². The molecule has 1 aromatic heterocycles. The second-order valence-electron chi connectivity index (χ2n) is 4.75. The van der Waals surface area contributed by atoms with E-state index in [9.17, 15) is 4.39 Å². The number of nitrogen functional groups attached to an aromatic ring is 1. The van der Waals surface area contributed by atoms with Gasteiger partial charge in [-0.25, -0.2) is 9.07 Å². The fourth-order valence-corrected chi connectivity index (χ4v) is 2.27. The van der Waals surface area contributed by atoms with Gasteiger partial charge in [0.15, 0.2) is 0 Å². The molecule has 1 fully saturated rings. The van der Waals surface area contributed by atoms with Gasteiger partial charge >= 0.3 is 0 Å². The number of anilines is 2. The molecule has 1 aliphatic heterocycles. The van der Waals surface area contributed by atoms with Gasteiger partial charge in [-0.2, -0.15) is 4.98 Å². The first-order chi connectivity index (χ1) is 9.22. The Kier molecular flexibility index (Phi) is 3.06. The molecule has 1 aromatic carbocycles. The fraction of sp³-hybridized carbons (Fsp3) is 0.385. The quantitative estimate of drug-likeness (QED) is 0.912. The van der Waals surface area contributed by atoms with E-state index in [2.05, 4.69) is 15.0 Å². The normalized spacial score (nSPS) is 15.1. The van der Waals surface area contributed by atoms with E-state index in [-0.39, 0.29) is 5.82 Å². The van der Waals surface area contributed by atoms with Gasteiger partial charge < -0.3 is 10.6 Å². The summed E-state index contributed by atoms with van der Waals surface area (Å²) >= 11 is 0. The van der Waals surface area contributed by atoms with Gasteiger partial charge in [-0.15, -0.1) is 5.10 Å². The summed E-state index contributed by atoms with van der Waals surface area (Å²) in [6, 6.07) is 6.33. The van der Waals surface area contributed by atoms with E-state index in [0.29, 0.717) is 18.4 Å². The van der Waals surface area contributed by atoms with Crippen LogP contribution in [0.4, 0.5) is 16.3 Å². The molecule has 2 heterocycles. The number of nitrogens with zero attached hydrogens (tertiary/aromatic N) is 4. The average molecular weight is 261 g/mol. The topological polar surface area (TPSA) is 60.0 Å². The third kappa shape index (κ3) is 2.52. The highest BCUT2D eigenvalue weighted by Gasteiger charge is 2.18. The molecule has 0 spiro atoms. The number of nitrogens with two attached hydrogens (primary N) is 1. The van der Waals surface area contributed by atoms with Gasteiger partial charge in [0.1, 0.15) is 5.82 Å². The van der Waals surface area contributed by atoms with Crippen molar-refractivity contribution >= 4 is 11.9 Å². The molecular formula is C13H16FN5. The average Bonchev–Trinajstić information content (AvgIpc) is 3.03. The minimum atomic E-state index is -0.243. The van der Waals surface area contributed by atoms with E-state index in [4.69, 9.17) is 5.73 Å². The highest BCUT2D eigenvalue weighted by atomic mass is 19.1. The standard InChI is InChI=1S/C13H16FN5/c14-11-5-3-10(4-6-11)9-19-12(15)16-13(17-19)18-7-1-2-8-18/h3-6H,1-2,7-9H2,(H2,15,16,17). The molecule has 19 heavy (non-hydrogen) atoms. The van der Waals surface area contributed by atoms with Crippen LogP contribution in [0.2, 0.25) is 0 Å². The predicted molar refractivity (Wildman–Crippen MR) is 71.4 cm³/mol. The lowest BCUT2D eigenvalue weighted by Gasteiger charge is -2.10. The van der Waals surface area contributed by atoms with Crippen LogP contribution in [0.25, 0.3) is 0 Å². The van der Waals surface area contributed by atoms with Crippen LogP contribution in [0.15, 0.2) is 24.3 Å². The Morgan fingerprint density at radius 3 is 2.53 bits per heavy atom. The summed E-state index contributed by atoms with van der Waals surface area (Å²) in [5.41, 5.74) is 6.83. The Morgan fingerprint density at radius 2 is 1.84 bits per heavy atom. The van der Waals surface area contributed by atoms with Crippen molar-refractivity contribution in [3.05, 3.63) is 35.6 Å². The van der Waals surface area contributed by atoms with E-state index >= 15 is 0 Å². The fourth-order valence-electron chi connectivity index (χ4n) is 2.27. The Labute approximate surface area is 110 Å². The zero-order chi connectivity index (χ0) is 13.2. The molecule has 3 rings (SSSR count). The molecule has 0 bridgehead atoms. The first-order valence-corrected chi connectivity index (χ1v) is 6.42. The molecule has 1 aliphatic rings. The molecule has 0 unspecified atom stereocenters. The zero-order valence-corrected chi connectivity index (χ0v) is 10.6. The van der Waals surface area contributed by atoms with E-state index in [1.54, 1.807) is 16.8 Å². The lowest BCUT2D eigenvalue weighted by molar-refractivity contribution is 0.624. The van der Waals surface area contributed by atoms with E-state index in [1.807, 2.05) is 0 Å². The monoisotopic (exact) mass is 261 g/mol. The van der Waals surface area contributed by atoms with Gasteiger partial charge in [-0.3, -0.25) is 0 Å². The van der Waals surface area contributed by atoms with Gasteiger partial charge in [-0.05, 0) is 30.5 Å². The molecule has 5 nitrogen and oxygen atoms in total. The third-order valence-electron chi connectivity index (χ3n) is 3.32. The Hall–Kier alpha value is -2.11. The second-order valence-corrected chi connectivity index (χ2v) is 4.75. The smallest absolute Gasteiger partial charge is 0.246 e. The van der Waals surface area contributed by atoms with Gasteiger partial charge in [0.2, 0.25) is 11.9 Å². The van der Waals surface area contributed by atoms with Crippen molar-refractivity contribution in [3.63, 3.8) is 0 Å². The lowest BCUT2D eigenvalue weighted by Crippen LogP contribution is -2.19. The Bertz CT molecular complexity index is 557. The van der Waals surface area contributed by atoms with Crippen molar-refractivity contribution in [2.24, 2.45) is 0 Å². The van der Waals surface area contributed by atoms with Crippen molar-refractivity contribution < 1.29 is 4.39 Å². The zero-order valence-electron chi connectivity index (χ0n) is 10.6. The molecule has 0 aliphatic carbocycles. The van der Waals surface area contributed by atoms with E-state index in [1.165, 1.54) is 25.0 Å². The molecule has 0 amide bonds. The van der Waals surface area contributed by atoms with Crippen LogP contribution in [0.3, 0.4) is 0 Å². The van der Waals surface area contributed by atoms with Crippen LogP contribution in [-0.4, -0.2) is 27.9 Å². The molecule has 100 valence electrons. The summed E-state index contributed by atoms with van der Waals surface area (Å²) in [6.07, 6.45) is 2.35. The van der Waals surface area contributed by atoms with Crippen molar-refractivity contribution in [1.82, 2.24) is 14.8 Å². The summed E-state index contributed by atoms with van der Waals surface area (Å²) in [6.45, 7) is 2.48. The summed E-state index contributed by atoms with van der Waals surface area (Å²) < 4.78 is 14.5. The Morgan fingerprint density at radius 1 is 1.16 bits per heavy atom. The van der Waals surface area contributed by atoms with Crippen LogP contribution in [0, 0.1) is 5.82 Å². The minimum Gasteiger partial charge on any atom is -0.368 e. The summed E-state index contributed by atoms with van der Waals surface area (Å²) in [5.74, 6) is 0.844. The number of aromatic nitrogens is 3. The lowest BCUT2D eigenvalue weighted by atomic mass is 10.2. The van der Waals surface area contributed by atoms with Crippen molar-refractivity contribution in [2.75, 3.05) is 23.7 Å². The molecular weight excluding hydrogens is 245 g/mol. The third-order valence-corrected chi connectivity index (χ3v) is 3.32. The number of halogens is 1. The highest BCUT2D eigenvalue weighted by molar-refractivity contribution is 5.36. The number of hydrogen-bond acceptors (Lipinski definition) is 4. The SMILES string of the molecule is Nc1nc(N2CCCC2)nn1Cc1ccc(F)cc1. The molecule has 2 N–H and O–H groups in total. The highest BCUT2D eigenvalue weighted by Crippen LogP contribution is 2.18. The maximum atomic E-state index is 12.8. The second kappa shape index (κ2) is 4.87.